The number of sulfonamides is 1. The first kappa shape index (κ1) is 26.1. The van der Waals surface area contributed by atoms with E-state index in [0.29, 0.717) is 29.0 Å². The highest BCUT2D eigenvalue weighted by Crippen LogP contribution is 2.30. The molecule has 10 heteroatoms. The summed E-state index contributed by atoms with van der Waals surface area (Å²) in [7, 11) is -3.59. The van der Waals surface area contributed by atoms with Crippen molar-refractivity contribution >= 4 is 32.7 Å². The van der Waals surface area contributed by atoms with Crippen LogP contribution in [0.15, 0.2) is 89.8 Å². The molecule has 4 aromatic carbocycles. The molecule has 0 radical (unpaired) electrons. The number of hydrogen-bond acceptors (Lipinski definition) is 5. The number of nitrogens with zero attached hydrogens (tertiary/aromatic N) is 1. The number of fused-ring (bicyclic) bond motifs is 1. The van der Waals surface area contributed by atoms with Gasteiger partial charge in [-0.05, 0) is 79.6 Å². The van der Waals surface area contributed by atoms with Gasteiger partial charge in [-0.2, -0.15) is 0 Å². The fourth-order valence-corrected chi connectivity index (χ4v) is 5.12. The number of carbonyl (C=O) groups is 1. The Kier molecular flexibility index (Phi) is 7.14. The molecule has 1 amide bonds. The lowest BCUT2D eigenvalue weighted by molar-refractivity contribution is 0.102. The highest BCUT2D eigenvalue weighted by molar-refractivity contribution is 7.89. The van der Waals surface area contributed by atoms with Crippen molar-refractivity contribution in [2.24, 2.45) is 0 Å². The number of imidazole rings is 1. The van der Waals surface area contributed by atoms with Gasteiger partial charge in [0.05, 0.1) is 10.5 Å². The van der Waals surface area contributed by atoms with E-state index >= 15 is 0 Å². The fraction of sp³-hybridized carbons (Fsp3) is 0.103. The lowest BCUT2D eigenvalue weighted by Gasteiger charge is -2.09. The quantitative estimate of drug-likeness (QED) is 0.215. The van der Waals surface area contributed by atoms with Crippen LogP contribution in [0, 0.1) is 12.7 Å². The van der Waals surface area contributed by atoms with Crippen molar-refractivity contribution in [3.05, 3.63) is 107 Å². The molecule has 0 aliphatic carbocycles. The standard InChI is InChI=1S/C29H25FN4O4S/c1-18-2-12-23(13-3-18)39(37,38)31-17-16-19-4-10-22(11-5-19)32-29(36)24-14-15-25(35)27-26(24)33-28(34-27)20-6-8-21(30)9-7-20/h2-15,31,35H,16-17H2,1H3,(H,32,36)(H,33,34). The van der Waals surface area contributed by atoms with Crippen LogP contribution in [-0.4, -0.2) is 35.9 Å². The Bertz CT molecular complexity index is 1750. The van der Waals surface area contributed by atoms with Crippen LogP contribution >= 0.6 is 0 Å². The number of nitrogens with one attached hydrogen (secondary N) is 3. The van der Waals surface area contributed by atoms with E-state index in [9.17, 15) is 22.7 Å². The number of amides is 1. The van der Waals surface area contributed by atoms with E-state index in [1.807, 2.05) is 19.1 Å². The molecule has 0 bridgehead atoms. The Labute approximate surface area is 224 Å². The van der Waals surface area contributed by atoms with Gasteiger partial charge in [0.25, 0.3) is 5.91 Å². The van der Waals surface area contributed by atoms with Crippen LogP contribution in [0.3, 0.4) is 0 Å². The number of carbonyl (C=O) groups excluding carboxylic acids is 1. The third-order valence-corrected chi connectivity index (χ3v) is 7.71. The van der Waals surface area contributed by atoms with E-state index in [2.05, 4.69) is 20.0 Å². The van der Waals surface area contributed by atoms with Crippen molar-refractivity contribution in [2.45, 2.75) is 18.2 Å². The molecule has 1 heterocycles. The zero-order valence-electron chi connectivity index (χ0n) is 20.9. The minimum atomic E-state index is -3.59. The number of hydrogen-bond donors (Lipinski definition) is 4. The van der Waals surface area contributed by atoms with Gasteiger partial charge >= 0.3 is 0 Å². The first-order chi connectivity index (χ1) is 18.7. The summed E-state index contributed by atoms with van der Waals surface area (Å²) < 4.78 is 40.8. The molecule has 0 saturated carbocycles. The van der Waals surface area contributed by atoms with Gasteiger partial charge in [0, 0.05) is 17.8 Å². The predicted molar refractivity (Wildman–Crippen MR) is 148 cm³/mol. The summed E-state index contributed by atoms with van der Waals surface area (Å²) >= 11 is 0. The Morgan fingerprint density at radius 3 is 2.33 bits per heavy atom. The Hall–Kier alpha value is -4.54. The van der Waals surface area contributed by atoms with E-state index in [4.69, 9.17) is 0 Å². The van der Waals surface area contributed by atoms with Crippen molar-refractivity contribution in [1.29, 1.82) is 0 Å². The van der Waals surface area contributed by atoms with Crippen molar-refractivity contribution in [1.82, 2.24) is 14.7 Å². The van der Waals surface area contributed by atoms with Crippen molar-refractivity contribution in [3.63, 3.8) is 0 Å². The molecule has 4 N–H and O–H groups in total. The van der Waals surface area contributed by atoms with Crippen LogP contribution in [0.5, 0.6) is 5.75 Å². The number of phenolic OH excluding ortho intramolecular Hbond substituents is 1. The summed E-state index contributed by atoms with van der Waals surface area (Å²) in [5.74, 6) is -0.476. The largest absolute Gasteiger partial charge is 0.506 e. The molecule has 8 nitrogen and oxygen atoms in total. The van der Waals surface area contributed by atoms with Gasteiger partial charge in [0.1, 0.15) is 28.4 Å². The highest BCUT2D eigenvalue weighted by Gasteiger charge is 2.18. The van der Waals surface area contributed by atoms with Gasteiger partial charge in [0.15, 0.2) is 0 Å². The number of H-pyrrole nitrogens is 1. The second-order valence-corrected chi connectivity index (χ2v) is 10.8. The monoisotopic (exact) mass is 544 g/mol. The maximum atomic E-state index is 13.3. The summed E-state index contributed by atoms with van der Waals surface area (Å²) in [5, 5.41) is 13.1. The van der Waals surface area contributed by atoms with E-state index in [-0.39, 0.29) is 34.1 Å². The maximum absolute atomic E-state index is 13.3. The molecule has 0 spiro atoms. The number of aromatic hydroxyl groups is 1. The zero-order chi connectivity index (χ0) is 27.6. The van der Waals surface area contributed by atoms with E-state index in [0.717, 1.165) is 11.1 Å². The summed E-state index contributed by atoms with van der Waals surface area (Å²) in [4.78, 5) is 20.8. The smallest absolute Gasteiger partial charge is 0.257 e. The Morgan fingerprint density at radius 1 is 0.949 bits per heavy atom. The first-order valence-corrected chi connectivity index (χ1v) is 13.6. The average Bonchev–Trinajstić information content (AvgIpc) is 3.37. The summed E-state index contributed by atoms with van der Waals surface area (Å²) in [6.45, 7) is 2.12. The molecule has 0 fully saturated rings. The minimum Gasteiger partial charge on any atom is -0.506 e. The highest BCUT2D eigenvalue weighted by atomic mass is 32.2. The van der Waals surface area contributed by atoms with Gasteiger partial charge in [-0.15, -0.1) is 0 Å². The van der Waals surface area contributed by atoms with Crippen molar-refractivity contribution < 1.29 is 22.7 Å². The molecule has 5 aromatic rings. The average molecular weight is 545 g/mol. The molecule has 0 unspecified atom stereocenters. The molecule has 198 valence electrons. The molecule has 39 heavy (non-hydrogen) atoms. The van der Waals surface area contributed by atoms with Crippen LogP contribution in [0.25, 0.3) is 22.4 Å². The molecule has 0 saturated heterocycles. The Balaban J connectivity index is 1.25. The number of aromatic nitrogens is 2. The normalized spacial score (nSPS) is 11.5. The summed E-state index contributed by atoms with van der Waals surface area (Å²) in [6, 6.07) is 22.3. The molecule has 0 aliphatic rings. The fourth-order valence-electron chi connectivity index (χ4n) is 4.09. The van der Waals surface area contributed by atoms with Gasteiger partial charge in [-0.1, -0.05) is 29.8 Å². The zero-order valence-corrected chi connectivity index (χ0v) is 21.7. The number of halogens is 1. The van der Waals surface area contributed by atoms with E-state index in [1.54, 1.807) is 48.5 Å². The van der Waals surface area contributed by atoms with Crippen LogP contribution in [0.2, 0.25) is 0 Å². The van der Waals surface area contributed by atoms with E-state index < -0.39 is 15.9 Å². The number of anilines is 1. The predicted octanol–water partition coefficient (Wildman–Crippen LogP) is 5.16. The maximum Gasteiger partial charge on any atom is 0.257 e. The number of aryl methyl sites for hydroxylation is 1. The summed E-state index contributed by atoms with van der Waals surface area (Å²) in [5.41, 5.74) is 3.85. The third-order valence-electron chi connectivity index (χ3n) is 6.23. The molecule has 0 atom stereocenters. The van der Waals surface area contributed by atoms with Crippen LogP contribution in [-0.2, 0) is 16.4 Å². The molecule has 0 aliphatic heterocycles. The SMILES string of the molecule is Cc1ccc(S(=O)(=O)NCCc2ccc(NC(=O)c3ccc(O)c4[nH]c(-c5ccc(F)cc5)nc34)cc2)cc1. The molecule has 5 rings (SSSR count). The Morgan fingerprint density at radius 2 is 1.64 bits per heavy atom. The number of phenols is 1. The lowest BCUT2D eigenvalue weighted by Crippen LogP contribution is -2.26. The van der Waals surface area contributed by atoms with Crippen LogP contribution in [0.1, 0.15) is 21.5 Å². The van der Waals surface area contributed by atoms with Gasteiger partial charge < -0.3 is 15.4 Å². The number of benzene rings is 4. The first-order valence-electron chi connectivity index (χ1n) is 12.1. The number of rotatable bonds is 8. The lowest BCUT2D eigenvalue weighted by atomic mass is 10.1. The van der Waals surface area contributed by atoms with Gasteiger partial charge in [-0.3, -0.25) is 4.79 Å². The second kappa shape index (κ2) is 10.7. The molecular formula is C29H25FN4O4S. The van der Waals surface area contributed by atoms with Gasteiger partial charge in [0.2, 0.25) is 10.0 Å². The van der Waals surface area contributed by atoms with Gasteiger partial charge in [-0.25, -0.2) is 22.5 Å². The van der Waals surface area contributed by atoms with Crippen molar-refractivity contribution in [2.75, 3.05) is 11.9 Å². The summed E-state index contributed by atoms with van der Waals surface area (Å²) in [6.07, 6.45) is 0.470. The van der Waals surface area contributed by atoms with Crippen molar-refractivity contribution in [3.8, 4) is 17.1 Å². The van der Waals surface area contributed by atoms with Crippen LogP contribution < -0.4 is 10.0 Å². The van der Waals surface area contributed by atoms with E-state index in [1.165, 1.54) is 24.3 Å². The topological polar surface area (TPSA) is 124 Å². The third kappa shape index (κ3) is 5.82. The molecule has 1 aromatic heterocycles. The second-order valence-electron chi connectivity index (χ2n) is 9.06. The minimum absolute atomic E-state index is 0.0650. The molecular weight excluding hydrogens is 519 g/mol. The number of aromatic amines is 1. The van der Waals surface area contributed by atoms with Crippen LogP contribution in [0.4, 0.5) is 10.1 Å².